The maximum atomic E-state index is 9.95. The van der Waals surface area contributed by atoms with E-state index >= 15 is 0 Å². The van der Waals surface area contributed by atoms with Crippen LogP contribution in [0.3, 0.4) is 0 Å². The number of aliphatic hydroxyl groups is 1. The largest absolute Gasteiger partial charge is 0.489 e. The standard InChI is InChI=1S/C18H20O2/c1-2-17(19)16-12-6-7-13-18(16)20-14-8-11-15-9-4-3-5-10-15/h3-13,17,19H,2,14H2,1H3/t17-/m1/s1. The van der Waals surface area contributed by atoms with Gasteiger partial charge in [-0.3, -0.25) is 0 Å². The van der Waals surface area contributed by atoms with Crippen molar-refractivity contribution < 1.29 is 9.84 Å². The molecule has 2 heteroatoms. The summed E-state index contributed by atoms with van der Waals surface area (Å²) in [6.45, 7) is 2.44. The lowest BCUT2D eigenvalue weighted by atomic mass is 10.1. The molecule has 0 spiro atoms. The maximum Gasteiger partial charge on any atom is 0.125 e. The summed E-state index contributed by atoms with van der Waals surface area (Å²) >= 11 is 0. The number of aliphatic hydroxyl groups excluding tert-OH is 1. The topological polar surface area (TPSA) is 29.5 Å². The van der Waals surface area contributed by atoms with Crippen molar-refractivity contribution in [3.63, 3.8) is 0 Å². The molecule has 0 radical (unpaired) electrons. The molecule has 0 aliphatic carbocycles. The van der Waals surface area contributed by atoms with Gasteiger partial charge in [0.2, 0.25) is 0 Å². The molecule has 1 N–H and O–H groups in total. The zero-order chi connectivity index (χ0) is 14.2. The lowest BCUT2D eigenvalue weighted by Crippen LogP contribution is -2.01. The lowest BCUT2D eigenvalue weighted by Gasteiger charge is -2.13. The van der Waals surface area contributed by atoms with Gasteiger partial charge in [-0.25, -0.2) is 0 Å². The summed E-state index contributed by atoms with van der Waals surface area (Å²) in [7, 11) is 0. The minimum Gasteiger partial charge on any atom is -0.489 e. The second kappa shape index (κ2) is 7.51. The summed E-state index contributed by atoms with van der Waals surface area (Å²) in [6.07, 6.45) is 4.22. The average Bonchev–Trinajstić information content (AvgIpc) is 2.52. The van der Waals surface area contributed by atoms with Crippen LogP contribution in [0.1, 0.15) is 30.6 Å². The van der Waals surface area contributed by atoms with E-state index in [-0.39, 0.29) is 0 Å². The normalized spacial score (nSPS) is 12.5. The molecule has 0 heterocycles. The molecule has 20 heavy (non-hydrogen) atoms. The van der Waals surface area contributed by atoms with E-state index in [9.17, 15) is 5.11 Å². The zero-order valence-corrected chi connectivity index (χ0v) is 11.7. The van der Waals surface area contributed by atoms with Crippen molar-refractivity contribution in [1.29, 1.82) is 0 Å². The smallest absolute Gasteiger partial charge is 0.125 e. The van der Waals surface area contributed by atoms with Crippen LogP contribution >= 0.6 is 0 Å². The van der Waals surface area contributed by atoms with E-state index in [0.717, 1.165) is 16.9 Å². The Bertz CT molecular complexity index is 546. The highest BCUT2D eigenvalue weighted by Crippen LogP contribution is 2.26. The highest BCUT2D eigenvalue weighted by atomic mass is 16.5. The van der Waals surface area contributed by atoms with E-state index in [2.05, 4.69) is 0 Å². The third-order valence-corrected chi connectivity index (χ3v) is 3.11. The first kappa shape index (κ1) is 14.4. The van der Waals surface area contributed by atoms with Crippen molar-refractivity contribution >= 4 is 6.08 Å². The molecular weight excluding hydrogens is 248 g/mol. The second-order valence-corrected chi connectivity index (χ2v) is 4.59. The third kappa shape index (κ3) is 3.97. The van der Waals surface area contributed by atoms with Gasteiger partial charge in [-0.15, -0.1) is 0 Å². The highest BCUT2D eigenvalue weighted by Gasteiger charge is 2.10. The van der Waals surface area contributed by atoms with Crippen molar-refractivity contribution in [1.82, 2.24) is 0 Å². The Morgan fingerprint density at radius 3 is 2.50 bits per heavy atom. The molecule has 2 aromatic carbocycles. The summed E-state index contributed by atoms with van der Waals surface area (Å²) in [4.78, 5) is 0. The van der Waals surface area contributed by atoms with E-state index in [0.29, 0.717) is 13.0 Å². The van der Waals surface area contributed by atoms with Gasteiger partial charge >= 0.3 is 0 Å². The molecule has 0 saturated carbocycles. The number of rotatable bonds is 6. The first-order chi connectivity index (χ1) is 9.81. The minimum absolute atomic E-state index is 0.468. The summed E-state index contributed by atoms with van der Waals surface area (Å²) in [5, 5.41) is 9.95. The number of benzene rings is 2. The van der Waals surface area contributed by atoms with Crippen LogP contribution in [0.2, 0.25) is 0 Å². The van der Waals surface area contributed by atoms with Crippen LogP contribution in [-0.2, 0) is 0 Å². The van der Waals surface area contributed by atoms with Crippen LogP contribution in [0.4, 0.5) is 0 Å². The van der Waals surface area contributed by atoms with Crippen LogP contribution < -0.4 is 4.74 Å². The maximum absolute atomic E-state index is 9.95. The number of ether oxygens (including phenoxy) is 1. The quantitative estimate of drug-likeness (QED) is 0.850. The Labute approximate surface area is 120 Å². The Hall–Kier alpha value is -2.06. The highest BCUT2D eigenvalue weighted by molar-refractivity contribution is 5.48. The van der Waals surface area contributed by atoms with Gasteiger partial charge < -0.3 is 9.84 Å². The van der Waals surface area contributed by atoms with E-state index in [1.165, 1.54) is 0 Å². The fraction of sp³-hybridized carbons (Fsp3) is 0.222. The van der Waals surface area contributed by atoms with E-state index in [1.54, 1.807) is 0 Å². The monoisotopic (exact) mass is 268 g/mol. The second-order valence-electron chi connectivity index (χ2n) is 4.59. The molecule has 2 nitrogen and oxygen atoms in total. The molecular formula is C18H20O2. The van der Waals surface area contributed by atoms with Crippen molar-refractivity contribution in [3.8, 4) is 5.75 Å². The predicted molar refractivity (Wildman–Crippen MR) is 82.7 cm³/mol. The third-order valence-electron chi connectivity index (χ3n) is 3.11. The summed E-state index contributed by atoms with van der Waals surface area (Å²) in [6, 6.07) is 17.7. The number of hydrogen-bond acceptors (Lipinski definition) is 2. The van der Waals surface area contributed by atoms with Gasteiger partial charge in [0.25, 0.3) is 0 Å². The summed E-state index contributed by atoms with van der Waals surface area (Å²) in [5.74, 6) is 0.750. The first-order valence-electron chi connectivity index (χ1n) is 6.92. The van der Waals surface area contributed by atoms with Crippen LogP contribution in [0.25, 0.3) is 6.08 Å². The van der Waals surface area contributed by atoms with E-state index in [4.69, 9.17) is 4.74 Å². The summed E-state index contributed by atoms with van der Waals surface area (Å²) < 4.78 is 5.74. The number of para-hydroxylation sites is 1. The molecule has 2 aromatic rings. The van der Waals surface area contributed by atoms with Crippen LogP contribution in [-0.4, -0.2) is 11.7 Å². The summed E-state index contributed by atoms with van der Waals surface area (Å²) in [5.41, 5.74) is 2.00. The van der Waals surface area contributed by atoms with Crippen LogP contribution in [0.5, 0.6) is 5.75 Å². The van der Waals surface area contributed by atoms with Gasteiger partial charge in [-0.2, -0.15) is 0 Å². The Balaban J connectivity index is 1.96. The molecule has 2 rings (SSSR count). The Morgan fingerprint density at radius 2 is 1.75 bits per heavy atom. The Morgan fingerprint density at radius 1 is 1.05 bits per heavy atom. The molecule has 0 aliphatic rings. The fourth-order valence-corrected chi connectivity index (χ4v) is 1.99. The van der Waals surface area contributed by atoms with Gasteiger partial charge in [0, 0.05) is 5.56 Å². The van der Waals surface area contributed by atoms with Crippen molar-refractivity contribution in [2.24, 2.45) is 0 Å². The predicted octanol–water partition coefficient (Wildman–Crippen LogP) is 4.22. The SMILES string of the molecule is CC[C@@H](O)c1ccccc1OCC=Cc1ccccc1. The van der Waals surface area contributed by atoms with E-state index < -0.39 is 6.10 Å². The molecule has 0 amide bonds. The fourth-order valence-electron chi connectivity index (χ4n) is 1.99. The van der Waals surface area contributed by atoms with Gasteiger partial charge in [-0.1, -0.05) is 61.5 Å². The average molecular weight is 268 g/mol. The molecule has 0 aromatic heterocycles. The minimum atomic E-state index is -0.468. The molecule has 0 aliphatic heterocycles. The van der Waals surface area contributed by atoms with Gasteiger partial charge in [-0.05, 0) is 24.1 Å². The lowest BCUT2D eigenvalue weighted by molar-refractivity contribution is 0.168. The molecule has 0 unspecified atom stereocenters. The van der Waals surface area contributed by atoms with Gasteiger partial charge in [0.1, 0.15) is 12.4 Å². The molecule has 0 bridgehead atoms. The number of hydrogen-bond donors (Lipinski definition) is 1. The molecule has 1 atom stereocenters. The van der Waals surface area contributed by atoms with Crippen LogP contribution in [0, 0.1) is 0 Å². The van der Waals surface area contributed by atoms with Gasteiger partial charge in [0.15, 0.2) is 0 Å². The molecule has 104 valence electrons. The van der Waals surface area contributed by atoms with Crippen molar-refractivity contribution in [3.05, 3.63) is 71.8 Å². The van der Waals surface area contributed by atoms with Crippen molar-refractivity contribution in [2.45, 2.75) is 19.4 Å². The van der Waals surface area contributed by atoms with Gasteiger partial charge in [0.05, 0.1) is 6.10 Å². The Kier molecular flexibility index (Phi) is 5.39. The van der Waals surface area contributed by atoms with E-state index in [1.807, 2.05) is 73.7 Å². The first-order valence-corrected chi connectivity index (χ1v) is 6.92. The van der Waals surface area contributed by atoms with Crippen molar-refractivity contribution in [2.75, 3.05) is 6.61 Å². The molecule has 0 saturated heterocycles. The zero-order valence-electron chi connectivity index (χ0n) is 11.7. The molecule has 0 fully saturated rings. The van der Waals surface area contributed by atoms with Crippen LogP contribution in [0.15, 0.2) is 60.7 Å².